The third-order valence-corrected chi connectivity index (χ3v) is 6.66. The molecule has 2 aromatic heterocycles. The highest BCUT2D eigenvalue weighted by Crippen LogP contribution is 2.31. The minimum Gasteiger partial charge on any atom is -0.486 e. The first kappa shape index (κ1) is 24.4. The summed E-state index contributed by atoms with van der Waals surface area (Å²) < 4.78 is 21.1. The number of carbonyl (C=O) groups is 2. The molecule has 1 aliphatic rings. The molecular weight excluding hydrogens is 470 g/mol. The largest absolute Gasteiger partial charge is 0.486 e. The van der Waals surface area contributed by atoms with Crippen molar-refractivity contribution >= 4 is 11.8 Å². The molecule has 3 heterocycles. The summed E-state index contributed by atoms with van der Waals surface area (Å²) >= 11 is 0. The molecule has 8 nitrogen and oxygen atoms in total. The zero-order valence-corrected chi connectivity index (χ0v) is 21.4. The lowest BCUT2D eigenvalue weighted by atomic mass is 10.1. The van der Waals surface area contributed by atoms with Crippen LogP contribution in [0.2, 0.25) is 0 Å². The van der Waals surface area contributed by atoms with Gasteiger partial charge >= 0.3 is 5.97 Å². The Balaban J connectivity index is 1.26. The minimum atomic E-state index is -0.564. The van der Waals surface area contributed by atoms with Gasteiger partial charge in [-0.2, -0.15) is 5.10 Å². The number of para-hydroxylation sites is 3. The van der Waals surface area contributed by atoms with Crippen molar-refractivity contribution in [3.63, 3.8) is 0 Å². The van der Waals surface area contributed by atoms with Crippen LogP contribution in [0.25, 0.3) is 5.69 Å². The summed E-state index contributed by atoms with van der Waals surface area (Å²) in [4.78, 5) is 26.0. The topological polar surface area (TPSA) is 84.6 Å². The lowest BCUT2D eigenvalue weighted by Crippen LogP contribution is -2.33. The summed E-state index contributed by atoms with van der Waals surface area (Å²) in [7, 11) is 0. The molecule has 0 bridgehead atoms. The minimum absolute atomic E-state index is 0.187. The van der Waals surface area contributed by atoms with Gasteiger partial charge in [-0.3, -0.25) is 4.79 Å². The van der Waals surface area contributed by atoms with E-state index in [1.54, 1.807) is 11.6 Å². The molecule has 0 radical (unpaired) electrons. The van der Waals surface area contributed by atoms with Gasteiger partial charge in [0.2, 0.25) is 5.78 Å². The van der Waals surface area contributed by atoms with Gasteiger partial charge in [-0.1, -0.05) is 30.3 Å². The Kier molecular flexibility index (Phi) is 6.56. The average molecular weight is 500 g/mol. The number of aryl methyl sites for hydroxylation is 2. The summed E-state index contributed by atoms with van der Waals surface area (Å²) in [6.07, 6.45) is -0.187. The van der Waals surface area contributed by atoms with Crippen LogP contribution in [0, 0.1) is 27.7 Å². The Labute approximate surface area is 215 Å². The van der Waals surface area contributed by atoms with E-state index in [-0.39, 0.29) is 18.5 Å². The average Bonchev–Trinajstić information content (AvgIpc) is 3.37. The molecule has 4 aromatic rings. The van der Waals surface area contributed by atoms with Crippen LogP contribution in [0.15, 0.2) is 60.7 Å². The van der Waals surface area contributed by atoms with Gasteiger partial charge in [-0.05, 0) is 58.0 Å². The second-order valence-electron chi connectivity index (χ2n) is 9.19. The van der Waals surface area contributed by atoms with Crippen LogP contribution in [0.1, 0.15) is 43.5 Å². The first-order valence-electron chi connectivity index (χ1n) is 12.2. The monoisotopic (exact) mass is 499 g/mol. The normalized spacial score (nSPS) is 14.4. The van der Waals surface area contributed by atoms with E-state index in [0.717, 1.165) is 22.8 Å². The SMILES string of the molecule is Cc1nn(-c2ccccc2)c(C)c1C(=O)OCC(=O)c1cc(C)n(C[C@H]2COc3ccccc3O2)c1C. The van der Waals surface area contributed by atoms with Gasteiger partial charge in [0.05, 0.1) is 23.6 Å². The Morgan fingerprint density at radius 2 is 1.68 bits per heavy atom. The summed E-state index contributed by atoms with van der Waals surface area (Å²) in [5.41, 5.74) is 4.67. The second-order valence-corrected chi connectivity index (χ2v) is 9.19. The van der Waals surface area contributed by atoms with Crippen molar-refractivity contribution in [3.05, 3.63) is 94.6 Å². The fourth-order valence-corrected chi connectivity index (χ4v) is 4.76. The molecule has 8 heteroatoms. The van der Waals surface area contributed by atoms with Crippen molar-refractivity contribution in [2.45, 2.75) is 40.3 Å². The molecule has 0 fully saturated rings. The van der Waals surface area contributed by atoms with Gasteiger partial charge in [0.25, 0.3) is 0 Å². The molecule has 0 saturated carbocycles. The van der Waals surface area contributed by atoms with E-state index in [4.69, 9.17) is 14.2 Å². The van der Waals surface area contributed by atoms with Crippen LogP contribution < -0.4 is 9.47 Å². The number of ether oxygens (including phenoxy) is 3. The molecule has 2 aromatic carbocycles. The zero-order valence-electron chi connectivity index (χ0n) is 21.4. The fraction of sp³-hybridized carbons (Fsp3) is 0.276. The van der Waals surface area contributed by atoms with Crippen LogP contribution >= 0.6 is 0 Å². The fourth-order valence-electron chi connectivity index (χ4n) is 4.76. The Morgan fingerprint density at radius 3 is 2.43 bits per heavy atom. The molecule has 1 aliphatic heterocycles. The summed E-state index contributed by atoms with van der Waals surface area (Å²) in [5, 5.41) is 4.49. The molecular formula is C29H29N3O5. The van der Waals surface area contributed by atoms with Gasteiger partial charge < -0.3 is 18.8 Å². The standard InChI is InChI=1S/C29H29N3O5/c1-18-14-24(20(3)31(18)15-23-16-35-26-12-8-9-13-27(26)37-23)25(33)17-36-29(34)28-19(2)30-32(21(28)4)22-10-6-5-7-11-22/h5-14,23H,15-17H2,1-4H3/t23-/m0/s1. The molecule has 0 amide bonds. The zero-order chi connectivity index (χ0) is 26.1. The quantitative estimate of drug-likeness (QED) is 0.269. The van der Waals surface area contributed by atoms with E-state index in [1.807, 2.05) is 86.0 Å². The number of aromatic nitrogens is 3. The van der Waals surface area contributed by atoms with Crippen LogP contribution in [-0.4, -0.2) is 45.4 Å². The Hall–Kier alpha value is -4.33. The Bertz CT molecular complexity index is 1470. The number of ketones is 1. The number of carbonyl (C=O) groups excluding carboxylic acids is 2. The van der Waals surface area contributed by atoms with Crippen molar-refractivity contribution in [2.75, 3.05) is 13.2 Å². The highest BCUT2D eigenvalue weighted by molar-refractivity contribution is 6.00. The predicted molar refractivity (Wildman–Crippen MR) is 138 cm³/mol. The smallest absolute Gasteiger partial charge is 0.342 e. The van der Waals surface area contributed by atoms with Crippen LogP contribution in [0.4, 0.5) is 0 Å². The summed E-state index contributed by atoms with van der Waals surface area (Å²) in [6.45, 7) is 8.01. The number of benzene rings is 2. The van der Waals surface area contributed by atoms with Crippen LogP contribution in [0.5, 0.6) is 11.5 Å². The maximum Gasteiger partial charge on any atom is 0.342 e. The van der Waals surface area contributed by atoms with Gasteiger partial charge in [0, 0.05) is 17.0 Å². The van der Waals surface area contributed by atoms with E-state index >= 15 is 0 Å². The maximum atomic E-state index is 13.1. The molecule has 0 saturated heterocycles. The van der Waals surface area contributed by atoms with Gasteiger partial charge in [-0.25, -0.2) is 9.48 Å². The Morgan fingerprint density at radius 1 is 0.973 bits per heavy atom. The first-order valence-corrected chi connectivity index (χ1v) is 12.2. The predicted octanol–water partition coefficient (Wildman–Crippen LogP) is 4.79. The van der Waals surface area contributed by atoms with Crippen molar-refractivity contribution in [1.29, 1.82) is 0 Å². The van der Waals surface area contributed by atoms with E-state index < -0.39 is 5.97 Å². The van der Waals surface area contributed by atoms with Gasteiger partial charge in [-0.15, -0.1) is 0 Å². The summed E-state index contributed by atoms with van der Waals surface area (Å²) in [6, 6.07) is 19.0. The number of esters is 1. The highest BCUT2D eigenvalue weighted by Gasteiger charge is 2.25. The lowest BCUT2D eigenvalue weighted by Gasteiger charge is -2.27. The molecule has 0 unspecified atom stereocenters. The molecule has 190 valence electrons. The molecule has 5 rings (SSSR count). The maximum absolute atomic E-state index is 13.1. The highest BCUT2D eigenvalue weighted by atomic mass is 16.6. The van der Waals surface area contributed by atoms with Crippen LogP contribution in [0.3, 0.4) is 0 Å². The number of fused-ring (bicyclic) bond motifs is 1. The second kappa shape index (κ2) is 9.97. The molecule has 0 N–H and O–H groups in total. The number of nitrogens with zero attached hydrogens (tertiary/aromatic N) is 3. The third-order valence-electron chi connectivity index (χ3n) is 6.66. The number of hydrogen-bond donors (Lipinski definition) is 0. The van der Waals surface area contributed by atoms with E-state index in [0.29, 0.717) is 41.4 Å². The molecule has 0 spiro atoms. The lowest BCUT2D eigenvalue weighted by molar-refractivity contribution is 0.0473. The van der Waals surface area contributed by atoms with E-state index in [2.05, 4.69) is 5.10 Å². The molecule has 1 atom stereocenters. The number of rotatable bonds is 7. The van der Waals surface area contributed by atoms with Gasteiger partial charge in [0.1, 0.15) is 12.2 Å². The van der Waals surface area contributed by atoms with Crippen molar-refractivity contribution in [2.24, 2.45) is 0 Å². The van der Waals surface area contributed by atoms with Crippen LogP contribution in [-0.2, 0) is 11.3 Å². The third kappa shape index (κ3) is 4.74. The molecule has 0 aliphatic carbocycles. The van der Waals surface area contributed by atoms with Crippen molar-refractivity contribution in [3.8, 4) is 17.2 Å². The molecule has 37 heavy (non-hydrogen) atoms. The van der Waals surface area contributed by atoms with E-state index in [9.17, 15) is 9.59 Å². The van der Waals surface area contributed by atoms with Gasteiger partial charge in [0.15, 0.2) is 24.2 Å². The summed E-state index contributed by atoms with van der Waals surface area (Å²) in [5.74, 6) is 0.623. The van der Waals surface area contributed by atoms with E-state index in [1.165, 1.54) is 0 Å². The van der Waals surface area contributed by atoms with Crippen molar-refractivity contribution in [1.82, 2.24) is 14.3 Å². The first-order chi connectivity index (χ1) is 17.8. The number of hydrogen-bond acceptors (Lipinski definition) is 6. The number of Topliss-reactive ketones (excluding diaryl/α,β-unsaturated/α-hetero) is 1. The van der Waals surface area contributed by atoms with Crippen molar-refractivity contribution < 1.29 is 23.8 Å².